The molecule has 0 bridgehead atoms. The van der Waals surface area contributed by atoms with Crippen molar-refractivity contribution < 1.29 is 4.74 Å². The minimum Gasteiger partial charge on any atom is -0.383 e. The van der Waals surface area contributed by atoms with Gasteiger partial charge in [0.15, 0.2) is 0 Å². The van der Waals surface area contributed by atoms with E-state index in [-0.39, 0.29) is 0 Å². The summed E-state index contributed by atoms with van der Waals surface area (Å²) < 4.78 is 5.05. The van der Waals surface area contributed by atoms with Crippen LogP contribution in [0, 0.1) is 6.92 Å². The smallest absolute Gasteiger partial charge is 0.128 e. The largest absolute Gasteiger partial charge is 0.383 e. The van der Waals surface area contributed by atoms with Crippen LogP contribution < -0.4 is 4.90 Å². The Balaban J connectivity index is 0.00000106. The first kappa shape index (κ1) is 14.9. The minimum absolute atomic E-state index is 0.739. The summed E-state index contributed by atoms with van der Waals surface area (Å²) in [5, 5.41) is 0. The average Bonchev–Trinajstić information content (AvgIpc) is 2.35. The molecule has 0 atom stereocenters. The highest BCUT2D eigenvalue weighted by Crippen LogP contribution is 2.09. The van der Waals surface area contributed by atoms with Gasteiger partial charge in [0.2, 0.25) is 0 Å². The fourth-order valence-electron chi connectivity index (χ4n) is 1.28. The van der Waals surface area contributed by atoms with Crippen LogP contribution in [-0.4, -0.2) is 31.8 Å². The van der Waals surface area contributed by atoms with Crippen LogP contribution in [-0.2, 0) is 4.74 Å². The standard InChI is InChI=1S/C11H18N2O.C2H6/c1-4-13(7-8-14-3)11-6-5-10(2)9-12-11;1-2/h5-6,9H,4,7-8H2,1-3H3;1-2H3. The van der Waals surface area contributed by atoms with Crippen molar-refractivity contribution in [2.24, 2.45) is 0 Å². The van der Waals surface area contributed by atoms with Crippen LogP contribution in [0.5, 0.6) is 0 Å². The number of anilines is 1. The summed E-state index contributed by atoms with van der Waals surface area (Å²) >= 11 is 0. The molecule has 0 aromatic carbocycles. The van der Waals surface area contributed by atoms with Gasteiger partial charge in [-0.15, -0.1) is 0 Å². The van der Waals surface area contributed by atoms with Gasteiger partial charge in [-0.05, 0) is 25.5 Å². The van der Waals surface area contributed by atoms with E-state index in [1.54, 1.807) is 7.11 Å². The van der Waals surface area contributed by atoms with Gasteiger partial charge in [0, 0.05) is 26.4 Å². The first-order chi connectivity index (χ1) is 7.77. The molecule has 0 radical (unpaired) electrons. The summed E-state index contributed by atoms with van der Waals surface area (Å²) in [6, 6.07) is 4.13. The Morgan fingerprint density at radius 1 is 1.31 bits per heavy atom. The monoisotopic (exact) mass is 224 g/mol. The predicted octanol–water partition coefficient (Wildman–Crippen LogP) is 2.89. The third kappa shape index (κ3) is 5.12. The molecule has 0 fully saturated rings. The van der Waals surface area contributed by atoms with Gasteiger partial charge < -0.3 is 9.64 Å². The number of nitrogens with zero attached hydrogens (tertiary/aromatic N) is 2. The number of aromatic nitrogens is 1. The molecule has 0 amide bonds. The van der Waals surface area contributed by atoms with Crippen molar-refractivity contribution in [3.8, 4) is 0 Å². The van der Waals surface area contributed by atoms with Gasteiger partial charge >= 0.3 is 0 Å². The molecule has 1 heterocycles. The lowest BCUT2D eigenvalue weighted by molar-refractivity contribution is 0.205. The van der Waals surface area contributed by atoms with E-state index in [2.05, 4.69) is 28.9 Å². The van der Waals surface area contributed by atoms with Crippen LogP contribution in [0.3, 0.4) is 0 Å². The molecule has 1 aromatic rings. The number of hydrogen-bond donors (Lipinski definition) is 0. The average molecular weight is 224 g/mol. The highest BCUT2D eigenvalue weighted by molar-refractivity contribution is 5.38. The lowest BCUT2D eigenvalue weighted by atomic mass is 10.3. The molecule has 0 spiro atoms. The zero-order chi connectivity index (χ0) is 12.4. The van der Waals surface area contributed by atoms with Gasteiger partial charge in [-0.2, -0.15) is 0 Å². The summed E-state index contributed by atoms with van der Waals surface area (Å²) in [6.45, 7) is 10.8. The molecule has 0 aliphatic rings. The van der Waals surface area contributed by atoms with Crippen LogP contribution in [0.25, 0.3) is 0 Å². The van der Waals surface area contributed by atoms with Crippen molar-refractivity contribution in [3.05, 3.63) is 23.9 Å². The molecule has 0 aliphatic heterocycles. The van der Waals surface area contributed by atoms with E-state index in [0.717, 1.165) is 25.5 Å². The fourth-order valence-corrected chi connectivity index (χ4v) is 1.28. The van der Waals surface area contributed by atoms with E-state index in [4.69, 9.17) is 4.74 Å². The highest BCUT2D eigenvalue weighted by Gasteiger charge is 2.03. The lowest BCUT2D eigenvalue weighted by Crippen LogP contribution is -2.27. The van der Waals surface area contributed by atoms with Gasteiger partial charge in [0.05, 0.1) is 6.61 Å². The molecule has 3 nitrogen and oxygen atoms in total. The first-order valence-electron chi connectivity index (χ1n) is 5.94. The van der Waals surface area contributed by atoms with E-state index >= 15 is 0 Å². The zero-order valence-corrected chi connectivity index (χ0v) is 11.2. The third-order valence-electron chi connectivity index (χ3n) is 2.17. The number of hydrogen-bond acceptors (Lipinski definition) is 3. The summed E-state index contributed by atoms with van der Waals surface area (Å²) in [7, 11) is 1.72. The Kier molecular flexibility index (Phi) is 8.53. The second-order valence-corrected chi connectivity index (χ2v) is 3.27. The molecule has 0 unspecified atom stereocenters. The fraction of sp³-hybridized carbons (Fsp3) is 0.615. The highest BCUT2D eigenvalue weighted by atomic mass is 16.5. The van der Waals surface area contributed by atoms with Gasteiger partial charge in [-0.1, -0.05) is 19.9 Å². The molecule has 92 valence electrons. The molecule has 1 rings (SSSR count). The van der Waals surface area contributed by atoms with Crippen molar-refractivity contribution in [2.45, 2.75) is 27.7 Å². The summed E-state index contributed by atoms with van der Waals surface area (Å²) in [5.41, 5.74) is 1.19. The minimum atomic E-state index is 0.739. The maximum Gasteiger partial charge on any atom is 0.128 e. The van der Waals surface area contributed by atoms with E-state index in [9.17, 15) is 0 Å². The Labute approximate surface area is 99.4 Å². The van der Waals surface area contributed by atoms with Crippen molar-refractivity contribution in [1.82, 2.24) is 4.98 Å². The maximum absolute atomic E-state index is 5.05. The predicted molar refractivity (Wildman–Crippen MR) is 70.1 cm³/mol. The number of likely N-dealkylation sites (N-methyl/N-ethyl adjacent to an activating group) is 1. The number of aryl methyl sites for hydroxylation is 1. The van der Waals surface area contributed by atoms with E-state index in [1.165, 1.54) is 5.56 Å². The topological polar surface area (TPSA) is 25.4 Å². The summed E-state index contributed by atoms with van der Waals surface area (Å²) in [5.74, 6) is 1.02. The second kappa shape index (κ2) is 9.16. The molecule has 3 heteroatoms. The Hall–Kier alpha value is -1.09. The first-order valence-corrected chi connectivity index (χ1v) is 5.94. The van der Waals surface area contributed by atoms with E-state index in [1.807, 2.05) is 27.0 Å². The SMILES string of the molecule is CC.CCN(CCOC)c1ccc(C)cn1. The Morgan fingerprint density at radius 2 is 2.00 bits per heavy atom. The van der Waals surface area contributed by atoms with E-state index in [0.29, 0.717) is 0 Å². The van der Waals surface area contributed by atoms with E-state index < -0.39 is 0 Å². The van der Waals surface area contributed by atoms with Crippen LogP contribution >= 0.6 is 0 Å². The number of pyridine rings is 1. The summed E-state index contributed by atoms with van der Waals surface area (Å²) in [6.07, 6.45) is 1.89. The number of ether oxygens (including phenoxy) is 1. The zero-order valence-electron chi connectivity index (χ0n) is 11.2. The van der Waals surface area contributed by atoms with Gasteiger partial charge in [0.1, 0.15) is 5.82 Å². The molecule has 0 N–H and O–H groups in total. The molecule has 0 aliphatic carbocycles. The van der Waals surface area contributed by atoms with Crippen molar-refractivity contribution in [1.29, 1.82) is 0 Å². The molecule has 0 saturated heterocycles. The van der Waals surface area contributed by atoms with Gasteiger partial charge in [-0.3, -0.25) is 0 Å². The Morgan fingerprint density at radius 3 is 2.44 bits per heavy atom. The molecular formula is C13H24N2O. The van der Waals surface area contributed by atoms with Crippen LogP contribution in [0.15, 0.2) is 18.3 Å². The van der Waals surface area contributed by atoms with Crippen molar-refractivity contribution in [3.63, 3.8) is 0 Å². The van der Waals surface area contributed by atoms with Crippen LogP contribution in [0.2, 0.25) is 0 Å². The maximum atomic E-state index is 5.05. The molecule has 1 aromatic heterocycles. The van der Waals surface area contributed by atoms with Crippen molar-refractivity contribution in [2.75, 3.05) is 31.7 Å². The molecular weight excluding hydrogens is 200 g/mol. The number of methoxy groups -OCH3 is 1. The van der Waals surface area contributed by atoms with Crippen LogP contribution in [0.1, 0.15) is 26.3 Å². The Bertz CT molecular complexity index is 259. The quantitative estimate of drug-likeness (QED) is 0.769. The summed E-state index contributed by atoms with van der Waals surface area (Å²) in [4.78, 5) is 6.57. The van der Waals surface area contributed by atoms with Crippen molar-refractivity contribution >= 4 is 5.82 Å². The van der Waals surface area contributed by atoms with Gasteiger partial charge in [-0.25, -0.2) is 4.98 Å². The number of rotatable bonds is 5. The normalized spacial score (nSPS) is 9.31. The van der Waals surface area contributed by atoms with Crippen LogP contribution in [0.4, 0.5) is 5.82 Å². The van der Waals surface area contributed by atoms with Gasteiger partial charge in [0.25, 0.3) is 0 Å². The lowest BCUT2D eigenvalue weighted by Gasteiger charge is -2.21. The molecule has 0 saturated carbocycles. The molecule has 16 heavy (non-hydrogen) atoms. The second-order valence-electron chi connectivity index (χ2n) is 3.27. The third-order valence-corrected chi connectivity index (χ3v) is 2.17.